The number of halogens is 1. The van der Waals surface area contributed by atoms with Gasteiger partial charge >= 0.3 is 12.1 Å². The molecule has 0 saturated heterocycles. The van der Waals surface area contributed by atoms with E-state index in [2.05, 4.69) is 35.1 Å². The predicted molar refractivity (Wildman–Crippen MR) is 127 cm³/mol. The maximum absolute atomic E-state index is 12.1. The van der Waals surface area contributed by atoms with E-state index in [-0.39, 0.29) is 5.97 Å². The quantitative estimate of drug-likeness (QED) is 0.254. The Morgan fingerprint density at radius 3 is 2.60 bits per heavy atom. The van der Waals surface area contributed by atoms with Crippen molar-refractivity contribution >= 4 is 39.8 Å². The molecule has 0 radical (unpaired) electrons. The number of hydrogen-bond acceptors (Lipinski definition) is 5. The van der Waals surface area contributed by atoms with Crippen molar-refractivity contribution in [2.24, 2.45) is 5.92 Å². The zero-order valence-electron chi connectivity index (χ0n) is 18.9. The number of esters is 1. The highest BCUT2D eigenvalue weighted by Crippen LogP contribution is 2.31. The van der Waals surface area contributed by atoms with Gasteiger partial charge in [-0.1, -0.05) is 45.2 Å². The third-order valence-electron chi connectivity index (χ3n) is 4.45. The number of benzene rings is 1. The van der Waals surface area contributed by atoms with Crippen molar-refractivity contribution in [1.82, 2.24) is 5.32 Å². The van der Waals surface area contributed by atoms with E-state index in [0.717, 1.165) is 34.2 Å². The highest BCUT2D eigenvalue weighted by molar-refractivity contribution is 9.10. The summed E-state index contributed by atoms with van der Waals surface area (Å²) in [6.07, 6.45) is 4.39. The summed E-state index contributed by atoms with van der Waals surface area (Å²) in [5.74, 6) is 0.917. The van der Waals surface area contributed by atoms with Gasteiger partial charge in [-0.15, -0.1) is 11.8 Å². The van der Waals surface area contributed by atoms with Crippen LogP contribution in [0.1, 0.15) is 72.3 Å². The maximum atomic E-state index is 12.1. The Bertz CT molecular complexity index is 676. The van der Waals surface area contributed by atoms with Crippen LogP contribution in [-0.4, -0.2) is 30.0 Å². The SMILES string of the molecule is CCCCC(CC)COC(=O)CCSc1c(Br)cccc1CNC(=O)OC(C)(C)C. The number of rotatable bonds is 12. The fourth-order valence-corrected chi connectivity index (χ4v) is 4.51. The lowest BCUT2D eigenvalue weighted by atomic mass is 10.0. The Balaban J connectivity index is 2.51. The van der Waals surface area contributed by atoms with Crippen LogP contribution in [0, 0.1) is 5.92 Å². The molecule has 0 fully saturated rings. The number of unbranched alkanes of at least 4 members (excludes halogenated alkanes) is 1. The normalized spacial score (nSPS) is 12.3. The van der Waals surface area contributed by atoms with Crippen molar-refractivity contribution in [3.8, 4) is 0 Å². The highest BCUT2D eigenvalue weighted by Gasteiger charge is 2.17. The molecule has 1 unspecified atom stereocenters. The minimum absolute atomic E-state index is 0.155. The summed E-state index contributed by atoms with van der Waals surface area (Å²) < 4.78 is 11.7. The molecule has 30 heavy (non-hydrogen) atoms. The van der Waals surface area contributed by atoms with E-state index in [9.17, 15) is 9.59 Å². The van der Waals surface area contributed by atoms with E-state index >= 15 is 0 Å². The predicted octanol–water partition coefficient (Wildman–Crippen LogP) is 6.72. The first kappa shape index (κ1) is 26.8. The highest BCUT2D eigenvalue weighted by atomic mass is 79.9. The number of thioether (sulfide) groups is 1. The number of ether oxygens (including phenoxy) is 2. The van der Waals surface area contributed by atoms with Gasteiger partial charge in [0.05, 0.1) is 13.0 Å². The van der Waals surface area contributed by atoms with E-state index in [1.807, 2.05) is 39.0 Å². The molecule has 170 valence electrons. The van der Waals surface area contributed by atoms with Crippen molar-refractivity contribution in [2.45, 2.75) is 83.8 Å². The van der Waals surface area contributed by atoms with Crippen LogP contribution in [0.3, 0.4) is 0 Å². The van der Waals surface area contributed by atoms with Gasteiger partial charge in [-0.25, -0.2) is 4.79 Å². The van der Waals surface area contributed by atoms with Gasteiger partial charge in [-0.3, -0.25) is 4.79 Å². The number of carbonyl (C=O) groups is 2. The Morgan fingerprint density at radius 1 is 1.23 bits per heavy atom. The van der Waals surface area contributed by atoms with Gasteiger partial charge in [-0.05, 0) is 60.7 Å². The number of carbonyl (C=O) groups excluding carboxylic acids is 2. The third-order valence-corrected chi connectivity index (χ3v) is 6.55. The lowest BCUT2D eigenvalue weighted by molar-refractivity contribution is -0.144. The lowest BCUT2D eigenvalue weighted by Gasteiger charge is -2.20. The Labute approximate surface area is 194 Å². The van der Waals surface area contributed by atoms with Crippen molar-refractivity contribution in [1.29, 1.82) is 0 Å². The smallest absolute Gasteiger partial charge is 0.407 e. The fourth-order valence-electron chi connectivity index (χ4n) is 2.75. The Kier molecular flexibility index (Phi) is 12.5. The van der Waals surface area contributed by atoms with Crippen LogP contribution in [-0.2, 0) is 20.8 Å². The largest absolute Gasteiger partial charge is 0.465 e. The Morgan fingerprint density at radius 2 is 1.97 bits per heavy atom. The van der Waals surface area contributed by atoms with E-state index < -0.39 is 11.7 Å². The summed E-state index contributed by atoms with van der Waals surface area (Å²) in [7, 11) is 0. The summed E-state index contributed by atoms with van der Waals surface area (Å²) in [4.78, 5) is 25.1. The molecule has 1 N–H and O–H groups in total. The second kappa shape index (κ2) is 14.0. The van der Waals surface area contributed by atoms with E-state index in [0.29, 0.717) is 31.2 Å². The second-order valence-corrected chi connectivity index (χ2v) is 10.2. The number of alkyl carbamates (subject to hydrolysis) is 1. The van der Waals surface area contributed by atoms with Gasteiger partial charge in [0.2, 0.25) is 0 Å². The molecule has 0 spiro atoms. The van der Waals surface area contributed by atoms with Crippen molar-refractivity contribution in [3.63, 3.8) is 0 Å². The number of amides is 1. The standard InChI is InChI=1S/C23H36BrNO4S/c1-6-8-10-17(7-2)16-28-20(26)13-14-30-21-18(11-9-12-19(21)24)15-25-22(27)29-23(3,4)5/h9,11-12,17H,6-8,10,13-16H2,1-5H3,(H,25,27). The number of nitrogens with one attached hydrogen (secondary N) is 1. The summed E-state index contributed by atoms with van der Waals surface area (Å²) in [6.45, 7) is 10.7. The number of hydrogen-bond donors (Lipinski definition) is 1. The molecular weight excluding hydrogens is 466 g/mol. The van der Waals surface area contributed by atoms with Gasteiger partial charge < -0.3 is 14.8 Å². The molecule has 1 aromatic rings. The molecule has 1 rings (SSSR count). The van der Waals surface area contributed by atoms with Crippen LogP contribution < -0.4 is 5.32 Å². The topological polar surface area (TPSA) is 64.6 Å². The molecule has 0 bridgehead atoms. The van der Waals surface area contributed by atoms with Crippen LogP contribution in [0.15, 0.2) is 27.6 Å². The van der Waals surface area contributed by atoms with Crippen molar-refractivity contribution < 1.29 is 19.1 Å². The minimum Gasteiger partial charge on any atom is -0.465 e. The van der Waals surface area contributed by atoms with Crippen molar-refractivity contribution in [3.05, 3.63) is 28.2 Å². The molecule has 0 aliphatic carbocycles. The molecule has 1 amide bonds. The third kappa shape index (κ3) is 11.3. The van der Waals surface area contributed by atoms with Crippen LogP contribution in [0.4, 0.5) is 4.79 Å². The average molecular weight is 503 g/mol. The first-order valence-electron chi connectivity index (χ1n) is 10.7. The first-order chi connectivity index (χ1) is 14.2. The van der Waals surface area contributed by atoms with Crippen LogP contribution >= 0.6 is 27.7 Å². The summed E-state index contributed by atoms with van der Waals surface area (Å²) in [5.41, 5.74) is 0.436. The van der Waals surface area contributed by atoms with Crippen LogP contribution in [0.2, 0.25) is 0 Å². The zero-order valence-corrected chi connectivity index (χ0v) is 21.3. The maximum Gasteiger partial charge on any atom is 0.407 e. The van der Waals surface area contributed by atoms with Crippen LogP contribution in [0.25, 0.3) is 0 Å². The molecule has 0 heterocycles. The monoisotopic (exact) mass is 501 g/mol. The first-order valence-corrected chi connectivity index (χ1v) is 12.5. The van der Waals surface area contributed by atoms with Gasteiger partial charge in [0.1, 0.15) is 5.60 Å². The summed E-state index contributed by atoms with van der Waals surface area (Å²) in [5, 5.41) is 2.79. The molecule has 0 aromatic heterocycles. The van der Waals surface area contributed by atoms with E-state index in [1.165, 1.54) is 6.42 Å². The molecule has 1 atom stereocenters. The minimum atomic E-state index is -0.535. The average Bonchev–Trinajstić information content (AvgIpc) is 2.66. The Hall–Kier alpha value is -1.21. The molecule has 0 aliphatic heterocycles. The van der Waals surface area contributed by atoms with Gasteiger partial charge in [0.25, 0.3) is 0 Å². The second-order valence-electron chi connectivity index (χ2n) is 8.28. The zero-order chi connectivity index (χ0) is 22.6. The lowest BCUT2D eigenvalue weighted by Crippen LogP contribution is -2.32. The molecular formula is C23H36BrNO4S. The molecule has 7 heteroatoms. The van der Waals surface area contributed by atoms with Gasteiger partial charge in [0, 0.05) is 21.7 Å². The fraction of sp³-hybridized carbons (Fsp3) is 0.652. The summed E-state index contributed by atoms with van der Waals surface area (Å²) in [6, 6.07) is 5.84. The summed E-state index contributed by atoms with van der Waals surface area (Å²) >= 11 is 5.15. The van der Waals surface area contributed by atoms with Crippen molar-refractivity contribution in [2.75, 3.05) is 12.4 Å². The van der Waals surface area contributed by atoms with Gasteiger partial charge in [-0.2, -0.15) is 0 Å². The van der Waals surface area contributed by atoms with Gasteiger partial charge in [0.15, 0.2) is 0 Å². The van der Waals surface area contributed by atoms with E-state index in [4.69, 9.17) is 9.47 Å². The molecule has 0 aliphatic rings. The van der Waals surface area contributed by atoms with E-state index in [1.54, 1.807) is 11.8 Å². The van der Waals surface area contributed by atoms with Crippen LogP contribution in [0.5, 0.6) is 0 Å². The molecule has 1 aromatic carbocycles. The molecule has 0 saturated carbocycles. The molecule has 5 nitrogen and oxygen atoms in total.